The van der Waals surface area contributed by atoms with Crippen molar-refractivity contribution in [2.24, 2.45) is 5.10 Å². The Morgan fingerprint density at radius 2 is 1.86 bits per heavy atom. The number of carbonyl (C=O) groups is 2. The molecule has 0 radical (unpaired) electrons. The van der Waals surface area contributed by atoms with Crippen molar-refractivity contribution in [3.63, 3.8) is 0 Å². The van der Waals surface area contributed by atoms with Gasteiger partial charge in [0.15, 0.2) is 11.5 Å². The highest BCUT2D eigenvalue weighted by molar-refractivity contribution is 6.04. The largest absolute Gasteiger partial charge is 0.493 e. The van der Waals surface area contributed by atoms with Crippen molar-refractivity contribution in [1.82, 2.24) is 9.91 Å². The fraction of sp³-hybridized carbons (Fsp3) is 0.464. The molecule has 0 spiro atoms. The quantitative estimate of drug-likeness (QED) is 0.510. The summed E-state index contributed by atoms with van der Waals surface area (Å²) in [6.45, 7) is 5.14. The van der Waals surface area contributed by atoms with Gasteiger partial charge in [-0.15, -0.1) is 0 Å². The number of aliphatic hydroxyl groups is 1. The molecule has 37 heavy (non-hydrogen) atoms. The van der Waals surface area contributed by atoms with Crippen molar-refractivity contribution < 1.29 is 24.2 Å². The molecule has 2 heterocycles. The van der Waals surface area contributed by atoms with E-state index < -0.39 is 0 Å². The minimum Gasteiger partial charge on any atom is -0.493 e. The average molecular weight is 509 g/mol. The highest BCUT2D eigenvalue weighted by Crippen LogP contribution is 2.30. The van der Waals surface area contributed by atoms with E-state index in [9.17, 15) is 14.7 Å². The summed E-state index contributed by atoms with van der Waals surface area (Å²) in [6, 6.07) is 13.2. The highest BCUT2D eigenvalue weighted by atomic mass is 16.5. The average Bonchev–Trinajstić information content (AvgIpc) is 2.91. The van der Waals surface area contributed by atoms with E-state index >= 15 is 0 Å². The van der Waals surface area contributed by atoms with Crippen molar-refractivity contribution in [3.8, 4) is 11.5 Å². The molecular formula is C28H36N4O5. The number of benzene rings is 2. The first kappa shape index (κ1) is 26.6. The van der Waals surface area contributed by atoms with Gasteiger partial charge in [-0.25, -0.2) is 5.01 Å². The van der Waals surface area contributed by atoms with Gasteiger partial charge in [-0.2, -0.15) is 5.10 Å². The van der Waals surface area contributed by atoms with Crippen molar-refractivity contribution in [3.05, 3.63) is 53.6 Å². The Morgan fingerprint density at radius 3 is 2.57 bits per heavy atom. The number of amides is 2. The third kappa shape index (κ3) is 7.30. The summed E-state index contributed by atoms with van der Waals surface area (Å²) in [5, 5.41) is 18.7. The molecule has 1 fully saturated rings. The molecular weight excluding hydrogens is 472 g/mol. The second kappa shape index (κ2) is 12.7. The second-order valence-electron chi connectivity index (χ2n) is 9.36. The van der Waals surface area contributed by atoms with Crippen LogP contribution >= 0.6 is 0 Å². The highest BCUT2D eigenvalue weighted by Gasteiger charge is 2.22. The zero-order chi connectivity index (χ0) is 26.2. The fourth-order valence-electron chi connectivity index (χ4n) is 4.55. The van der Waals surface area contributed by atoms with Crippen LogP contribution in [0.5, 0.6) is 11.5 Å². The van der Waals surface area contributed by atoms with Crippen LogP contribution in [0.1, 0.15) is 50.2 Å². The number of likely N-dealkylation sites (tertiary alicyclic amines) is 1. The lowest BCUT2D eigenvalue weighted by Crippen LogP contribution is -2.37. The van der Waals surface area contributed by atoms with Crippen LogP contribution in [0.2, 0.25) is 0 Å². The number of anilines is 1. The molecule has 0 aliphatic carbocycles. The van der Waals surface area contributed by atoms with Crippen molar-refractivity contribution in [2.75, 3.05) is 38.7 Å². The predicted octanol–water partition coefficient (Wildman–Crippen LogP) is 3.41. The summed E-state index contributed by atoms with van der Waals surface area (Å²) < 4.78 is 11.1. The Morgan fingerprint density at radius 1 is 1.11 bits per heavy atom. The van der Waals surface area contributed by atoms with E-state index in [1.54, 1.807) is 7.11 Å². The van der Waals surface area contributed by atoms with Gasteiger partial charge in [0, 0.05) is 50.1 Å². The molecule has 2 aromatic carbocycles. The first-order chi connectivity index (χ1) is 17.9. The Kier molecular flexibility index (Phi) is 9.14. The molecule has 0 bridgehead atoms. The van der Waals surface area contributed by atoms with Gasteiger partial charge in [-0.1, -0.05) is 12.1 Å². The molecule has 2 aliphatic rings. The maximum Gasteiger partial charge on any atom is 0.243 e. The standard InChI is InChI=1S/C28H36N4O5/c1-3-37-26-18-21(6-10-25(26)36-2)24-9-11-28(35)32(30-24)19-20-4-7-22(8-5-20)29-27(34)14-17-31-15-12-23(33)13-16-31/h4-8,10,18,23,33H,3,9,11-17,19H2,1-2H3,(H,29,34). The summed E-state index contributed by atoms with van der Waals surface area (Å²) in [6.07, 6.45) is 2.69. The third-order valence-electron chi connectivity index (χ3n) is 6.68. The van der Waals surface area contributed by atoms with Gasteiger partial charge in [-0.05, 0) is 55.7 Å². The van der Waals surface area contributed by atoms with E-state index in [4.69, 9.17) is 9.47 Å². The monoisotopic (exact) mass is 508 g/mol. The van der Waals surface area contributed by atoms with Crippen LogP contribution in [0.3, 0.4) is 0 Å². The molecule has 9 nitrogen and oxygen atoms in total. The number of hydrazone groups is 1. The van der Waals surface area contributed by atoms with Gasteiger partial charge in [0.25, 0.3) is 0 Å². The molecule has 1 saturated heterocycles. The van der Waals surface area contributed by atoms with Crippen molar-refractivity contribution in [1.29, 1.82) is 0 Å². The van der Waals surface area contributed by atoms with Gasteiger partial charge in [0.1, 0.15) is 0 Å². The van der Waals surface area contributed by atoms with E-state index in [1.807, 2.05) is 49.4 Å². The minimum absolute atomic E-state index is 0.0232. The smallest absolute Gasteiger partial charge is 0.243 e. The molecule has 2 aliphatic heterocycles. The van der Waals surface area contributed by atoms with Crippen LogP contribution in [-0.4, -0.2) is 72.0 Å². The van der Waals surface area contributed by atoms with Gasteiger partial charge in [0.2, 0.25) is 11.8 Å². The lowest BCUT2D eigenvalue weighted by atomic mass is 10.0. The first-order valence-electron chi connectivity index (χ1n) is 12.9. The van der Waals surface area contributed by atoms with E-state index in [2.05, 4.69) is 15.3 Å². The van der Waals surface area contributed by atoms with Gasteiger partial charge in [-0.3, -0.25) is 9.59 Å². The summed E-state index contributed by atoms with van der Waals surface area (Å²) in [5.41, 5.74) is 3.38. The molecule has 0 unspecified atom stereocenters. The maximum absolute atomic E-state index is 12.6. The summed E-state index contributed by atoms with van der Waals surface area (Å²) in [4.78, 5) is 27.2. The van der Waals surface area contributed by atoms with Crippen LogP contribution in [-0.2, 0) is 16.1 Å². The predicted molar refractivity (Wildman–Crippen MR) is 142 cm³/mol. The summed E-state index contributed by atoms with van der Waals surface area (Å²) >= 11 is 0. The van der Waals surface area contributed by atoms with Crippen LogP contribution < -0.4 is 14.8 Å². The Balaban J connectivity index is 1.34. The summed E-state index contributed by atoms with van der Waals surface area (Å²) in [5.74, 6) is 1.25. The molecule has 2 N–H and O–H groups in total. The minimum atomic E-state index is -0.211. The number of piperidine rings is 1. The number of ether oxygens (including phenoxy) is 2. The number of hydrogen-bond acceptors (Lipinski definition) is 7. The lowest BCUT2D eigenvalue weighted by molar-refractivity contribution is -0.132. The molecule has 198 valence electrons. The van der Waals surface area contributed by atoms with Gasteiger partial charge >= 0.3 is 0 Å². The summed E-state index contributed by atoms with van der Waals surface area (Å²) in [7, 11) is 1.61. The number of carbonyl (C=O) groups excluding carboxylic acids is 2. The van der Waals surface area contributed by atoms with E-state index in [1.165, 1.54) is 5.01 Å². The molecule has 2 aromatic rings. The van der Waals surface area contributed by atoms with Crippen LogP contribution in [0, 0.1) is 0 Å². The molecule has 0 aromatic heterocycles. The second-order valence-corrected chi connectivity index (χ2v) is 9.36. The number of aliphatic hydroxyl groups excluding tert-OH is 1. The maximum atomic E-state index is 12.6. The van der Waals surface area contributed by atoms with Gasteiger partial charge in [0.05, 0.1) is 32.1 Å². The fourth-order valence-corrected chi connectivity index (χ4v) is 4.55. The van der Waals surface area contributed by atoms with E-state index in [0.717, 1.165) is 48.5 Å². The zero-order valence-corrected chi connectivity index (χ0v) is 21.6. The number of methoxy groups -OCH3 is 1. The number of hydrogen-bond donors (Lipinski definition) is 2. The normalized spacial score (nSPS) is 16.9. The van der Waals surface area contributed by atoms with Crippen LogP contribution in [0.25, 0.3) is 0 Å². The molecule has 2 amide bonds. The molecule has 9 heteroatoms. The van der Waals surface area contributed by atoms with E-state index in [-0.39, 0.29) is 17.9 Å². The van der Waals surface area contributed by atoms with Crippen LogP contribution in [0.15, 0.2) is 47.6 Å². The molecule has 4 rings (SSSR count). The Labute approximate surface area is 218 Å². The number of rotatable bonds is 10. The molecule has 0 atom stereocenters. The van der Waals surface area contributed by atoms with Crippen molar-refractivity contribution >= 4 is 23.2 Å². The number of nitrogens with one attached hydrogen (secondary N) is 1. The third-order valence-corrected chi connectivity index (χ3v) is 6.68. The first-order valence-corrected chi connectivity index (χ1v) is 12.9. The van der Waals surface area contributed by atoms with E-state index in [0.29, 0.717) is 50.5 Å². The topological polar surface area (TPSA) is 104 Å². The molecule has 0 saturated carbocycles. The van der Waals surface area contributed by atoms with Crippen LogP contribution in [0.4, 0.5) is 5.69 Å². The SMILES string of the molecule is CCOc1cc(C2=NN(Cc3ccc(NC(=O)CCN4CCC(O)CC4)cc3)C(=O)CC2)ccc1OC. The Hall–Kier alpha value is -3.43. The Bertz CT molecular complexity index is 1110. The van der Waals surface area contributed by atoms with Gasteiger partial charge < -0.3 is 24.8 Å². The number of nitrogens with zero attached hydrogens (tertiary/aromatic N) is 3. The lowest BCUT2D eigenvalue weighted by Gasteiger charge is -2.29. The zero-order valence-electron chi connectivity index (χ0n) is 21.6. The van der Waals surface area contributed by atoms with Crippen molar-refractivity contribution in [2.45, 2.75) is 51.7 Å².